The maximum Gasteiger partial charge on any atom is 0.126 e. The molecule has 1 aliphatic rings. The van der Waals surface area contributed by atoms with Gasteiger partial charge in [0.15, 0.2) is 0 Å². The summed E-state index contributed by atoms with van der Waals surface area (Å²) in [6.45, 7) is 2.46. The molecule has 1 aliphatic heterocycles. The van der Waals surface area contributed by atoms with Crippen LogP contribution in [0.25, 0.3) is 0 Å². The van der Waals surface area contributed by atoms with E-state index >= 15 is 0 Å². The van der Waals surface area contributed by atoms with Crippen LogP contribution < -0.4 is 0 Å². The number of ether oxygens (including phenoxy) is 1. The second-order valence-electron chi connectivity index (χ2n) is 3.93. The van der Waals surface area contributed by atoms with Crippen LogP contribution in [0.15, 0.2) is 29.2 Å². The number of benzene rings is 1. The summed E-state index contributed by atoms with van der Waals surface area (Å²) in [5, 5.41) is 9.04. The molecule has 1 aromatic rings. The summed E-state index contributed by atoms with van der Waals surface area (Å²) in [6.07, 6.45) is 0. The Morgan fingerprint density at radius 2 is 2.07 bits per heavy atom. The van der Waals surface area contributed by atoms with Gasteiger partial charge in [-0.05, 0) is 19.1 Å². The second-order valence-corrected chi connectivity index (χ2v) is 5.38. The van der Waals surface area contributed by atoms with Gasteiger partial charge in [0.25, 0.3) is 0 Å². The zero-order valence-electron chi connectivity index (χ0n) is 8.60. The Balaban J connectivity index is 2.05. The van der Waals surface area contributed by atoms with Gasteiger partial charge in [-0.15, -0.1) is 0 Å². The van der Waals surface area contributed by atoms with Crippen molar-refractivity contribution in [3.8, 4) is 0 Å². The van der Waals surface area contributed by atoms with Gasteiger partial charge in [-0.1, -0.05) is 17.7 Å². The van der Waals surface area contributed by atoms with Crippen molar-refractivity contribution in [1.29, 1.82) is 0 Å². The third kappa shape index (κ3) is 2.45. The molecule has 0 saturated carbocycles. The van der Waals surface area contributed by atoms with Crippen LogP contribution in [0, 0.1) is 6.92 Å². The molecular formula is C11H14O3S. The standard InChI is InChI=1S/C11H14O3S/c1-9-2-4-10(5-3-9)15(13)8-11(6-12)7-14-11/h2-5,12H,6-8H2,1H3/t11-,15?/m0/s1. The lowest BCUT2D eigenvalue weighted by molar-refractivity contribution is 0.187. The number of hydrogen-bond acceptors (Lipinski definition) is 3. The molecule has 82 valence electrons. The average Bonchev–Trinajstić information content (AvgIpc) is 2.99. The van der Waals surface area contributed by atoms with Crippen molar-refractivity contribution in [2.75, 3.05) is 19.0 Å². The highest BCUT2D eigenvalue weighted by Crippen LogP contribution is 2.28. The molecule has 0 bridgehead atoms. The molecule has 1 unspecified atom stereocenters. The Labute approximate surface area is 91.5 Å². The minimum atomic E-state index is -1.08. The Kier molecular flexibility index (Phi) is 2.91. The molecule has 3 nitrogen and oxygen atoms in total. The van der Waals surface area contributed by atoms with Crippen molar-refractivity contribution < 1.29 is 14.1 Å². The second kappa shape index (κ2) is 4.04. The molecule has 2 atom stereocenters. The van der Waals surface area contributed by atoms with E-state index in [9.17, 15) is 4.21 Å². The Hall–Kier alpha value is -0.710. The third-order valence-corrected chi connectivity index (χ3v) is 4.10. The maximum absolute atomic E-state index is 11.9. The molecule has 0 radical (unpaired) electrons. The largest absolute Gasteiger partial charge is 0.393 e. The SMILES string of the molecule is Cc1ccc(S(=O)C[C@]2(CO)CO2)cc1. The molecule has 4 heteroatoms. The fraction of sp³-hybridized carbons (Fsp3) is 0.455. The predicted molar refractivity (Wildman–Crippen MR) is 58.2 cm³/mol. The summed E-state index contributed by atoms with van der Waals surface area (Å²) in [5.41, 5.74) is 0.616. The van der Waals surface area contributed by atoms with Crippen LogP contribution in [0.2, 0.25) is 0 Å². The summed E-state index contributed by atoms with van der Waals surface area (Å²) >= 11 is 0. The molecule has 1 N–H and O–H groups in total. The Morgan fingerprint density at radius 1 is 1.47 bits per heavy atom. The highest BCUT2D eigenvalue weighted by Gasteiger charge is 2.45. The van der Waals surface area contributed by atoms with Crippen LogP contribution in [0.5, 0.6) is 0 Å². The van der Waals surface area contributed by atoms with Gasteiger partial charge in [0.2, 0.25) is 0 Å². The van der Waals surface area contributed by atoms with E-state index in [4.69, 9.17) is 9.84 Å². The quantitative estimate of drug-likeness (QED) is 0.775. The summed E-state index contributed by atoms with van der Waals surface area (Å²) in [6, 6.07) is 7.59. The third-order valence-electron chi connectivity index (χ3n) is 2.52. The molecule has 1 fully saturated rings. The van der Waals surface area contributed by atoms with Crippen molar-refractivity contribution in [3.05, 3.63) is 29.8 Å². The van der Waals surface area contributed by atoms with E-state index in [1.807, 2.05) is 31.2 Å². The van der Waals surface area contributed by atoms with E-state index in [1.165, 1.54) is 0 Å². The summed E-state index contributed by atoms with van der Waals surface area (Å²) in [5.74, 6) is 0.382. The van der Waals surface area contributed by atoms with Crippen LogP contribution >= 0.6 is 0 Å². The first-order valence-electron chi connectivity index (χ1n) is 4.85. The van der Waals surface area contributed by atoms with Crippen molar-refractivity contribution in [2.45, 2.75) is 17.4 Å². The van der Waals surface area contributed by atoms with Crippen LogP contribution in [0.4, 0.5) is 0 Å². The highest BCUT2D eigenvalue weighted by molar-refractivity contribution is 7.85. The first kappa shape index (κ1) is 10.8. The number of aliphatic hydroxyl groups excluding tert-OH is 1. The van der Waals surface area contributed by atoms with E-state index in [2.05, 4.69) is 0 Å². The van der Waals surface area contributed by atoms with Crippen molar-refractivity contribution >= 4 is 10.8 Å². The van der Waals surface area contributed by atoms with Crippen LogP contribution in [0.1, 0.15) is 5.56 Å². The smallest absolute Gasteiger partial charge is 0.126 e. The maximum atomic E-state index is 11.9. The van der Waals surface area contributed by atoms with Crippen molar-refractivity contribution in [1.82, 2.24) is 0 Å². The summed E-state index contributed by atoms with van der Waals surface area (Å²) in [7, 11) is -1.08. The molecular weight excluding hydrogens is 212 g/mol. The molecule has 0 amide bonds. The lowest BCUT2D eigenvalue weighted by Crippen LogP contribution is -2.25. The highest BCUT2D eigenvalue weighted by atomic mass is 32.2. The van der Waals surface area contributed by atoms with Crippen LogP contribution in [-0.4, -0.2) is 33.9 Å². The zero-order chi connectivity index (χ0) is 10.9. The lowest BCUT2D eigenvalue weighted by atomic mass is 10.2. The minimum Gasteiger partial charge on any atom is -0.393 e. The van der Waals surface area contributed by atoms with E-state index in [0.717, 1.165) is 10.5 Å². The first-order chi connectivity index (χ1) is 7.15. The molecule has 0 aliphatic carbocycles. The van der Waals surface area contributed by atoms with E-state index in [-0.39, 0.29) is 6.61 Å². The Morgan fingerprint density at radius 3 is 2.53 bits per heavy atom. The monoisotopic (exact) mass is 226 g/mol. The molecule has 2 rings (SSSR count). The predicted octanol–water partition coefficient (Wildman–Crippen LogP) is 0.864. The fourth-order valence-corrected chi connectivity index (χ4v) is 2.68. The molecule has 1 heterocycles. The van der Waals surface area contributed by atoms with Gasteiger partial charge in [0, 0.05) is 4.90 Å². The van der Waals surface area contributed by atoms with Gasteiger partial charge in [0.1, 0.15) is 5.60 Å². The minimum absolute atomic E-state index is 0.0510. The number of aliphatic hydroxyl groups is 1. The topological polar surface area (TPSA) is 49.8 Å². The lowest BCUT2D eigenvalue weighted by Gasteiger charge is -2.07. The molecule has 1 aromatic carbocycles. The number of epoxide rings is 1. The number of aryl methyl sites for hydroxylation is 1. The van der Waals surface area contributed by atoms with Crippen LogP contribution in [0.3, 0.4) is 0 Å². The van der Waals surface area contributed by atoms with E-state index < -0.39 is 16.4 Å². The van der Waals surface area contributed by atoms with Crippen molar-refractivity contribution in [3.63, 3.8) is 0 Å². The number of rotatable bonds is 4. The van der Waals surface area contributed by atoms with Crippen LogP contribution in [-0.2, 0) is 15.5 Å². The van der Waals surface area contributed by atoms with Gasteiger partial charge in [-0.2, -0.15) is 0 Å². The van der Waals surface area contributed by atoms with E-state index in [1.54, 1.807) is 0 Å². The van der Waals surface area contributed by atoms with Gasteiger partial charge in [-0.25, -0.2) is 0 Å². The molecule has 1 saturated heterocycles. The molecule has 0 aromatic heterocycles. The fourth-order valence-electron chi connectivity index (χ4n) is 1.33. The number of hydrogen-bond donors (Lipinski definition) is 1. The summed E-state index contributed by atoms with van der Waals surface area (Å²) in [4.78, 5) is 0.795. The van der Waals surface area contributed by atoms with E-state index in [0.29, 0.717) is 12.4 Å². The van der Waals surface area contributed by atoms with Crippen molar-refractivity contribution in [2.24, 2.45) is 0 Å². The van der Waals surface area contributed by atoms with Gasteiger partial charge in [0.05, 0.1) is 29.8 Å². The molecule has 0 spiro atoms. The molecule has 15 heavy (non-hydrogen) atoms. The van der Waals surface area contributed by atoms with Gasteiger partial charge in [-0.3, -0.25) is 4.21 Å². The Bertz CT molecular complexity index is 368. The van der Waals surface area contributed by atoms with Gasteiger partial charge >= 0.3 is 0 Å². The van der Waals surface area contributed by atoms with Gasteiger partial charge < -0.3 is 9.84 Å². The summed E-state index contributed by atoms with van der Waals surface area (Å²) < 4.78 is 17.0. The normalized spacial score (nSPS) is 26.3. The average molecular weight is 226 g/mol. The first-order valence-corrected chi connectivity index (χ1v) is 6.17. The zero-order valence-corrected chi connectivity index (χ0v) is 9.42.